The number of carboxylic acids is 1. The van der Waals surface area contributed by atoms with E-state index in [4.69, 9.17) is 5.11 Å². The van der Waals surface area contributed by atoms with Crippen LogP contribution in [0.25, 0.3) is 0 Å². The second-order valence-electron chi connectivity index (χ2n) is 1.67. The van der Waals surface area contributed by atoms with Crippen LogP contribution < -0.4 is 0 Å². The summed E-state index contributed by atoms with van der Waals surface area (Å²) in [6.45, 7) is 0. The molecule has 0 amide bonds. The molecule has 0 aromatic heterocycles. The van der Waals surface area contributed by atoms with Gasteiger partial charge < -0.3 is 5.11 Å². The Bertz CT molecular complexity index is 213. The molecule has 4 heteroatoms. The van der Waals surface area contributed by atoms with Crippen molar-refractivity contribution in [3.63, 3.8) is 0 Å². The van der Waals surface area contributed by atoms with E-state index in [1.807, 2.05) is 0 Å². The van der Waals surface area contributed by atoms with Gasteiger partial charge in [-0.15, -0.1) is 0 Å². The Morgan fingerprint density at radius 1 is 1.18 bits per heavy atom. The minimum absolute atomic E-state index is 0. The van der Waals surface area contributed by atoms with Gasteiger partial charge in [-0.2, -0.15) is 13.5 Å². The zero-order valence-corrected chi connectivity index (χ0v) is 9.24. The fourth-order valence-corrected chi connectivity index (χ4v) is 0.581. The molecule has 0 fully saturated rings. The molecule has 0 aliphatic heterocycles. The van der Waals surface area contributed by atoms with Crippen LogP contribution >= 0.6 is 13.5 Å². The molecule has 11 heavy (non-hydrogen) atoms. The molecule has 0 saturated heterocycles. The maximum atomic E-state index is 10.2. The second kappa shape index (κ2) is 6.73. The number of hydrogen-bond donors (Lipinski definition) is 1. The van der Waals surface area contributed by atoms with Crippen LogP contribution in [0.1, 0.15) is 10.4 Å². The molecule has 0 aliphatic rings. The fourth-order valence-electron chi connectivity index (χ4n) is 0.581. The van der Waals surface area contributed by atoms with Gasteiger partial charge >= 0.3 is 5.97 Å². The summed E-state index contributed by atoms with van der Waals surface area (Å²) in [6.07, 6.45) is 0. The minimum Gasteiger partial charge on any atom is -0.478 e. The van der Waals surface area contributed by atoms with Crippen molar-refractivity contribution in [1.82, 2.24) is 0 Å². The van der Waals surface area contributed by atoms with E-state index in [9.17, 15) is 4.79 Å². The van der Waals surface area contributed by atoms with Crippen LogP contribution in [0, 0.1) is 0 Å². The molecule has 0 bridgehead atoms. The molecule has 0 spiro atoms. The van der Waals surface area contributed by atoms with Crippen LogP contribution in [-0.4, -0.2) is 40.6 Å². The van der Waals surface area contributed by atoms with Gasteiger partial charge in [-0.1, -0.05) is 18.2 Å². The Labute approximate surface area is 94.4 Å². The zero-order chi connectivity index (χ0) is 6.69. The topological polar surface area (TPSA) is 37.3 Å². The SMILES string of the molecule is O=C(O)c1ccccc1.S.[Na]. The van der Waals surface area contributed by atoms with Crippen molar-refractivity contribution < 1.29 is 9.90 Å². The van der Waals surface area contributed by atoms with Crippen LogP contribution in [0.15, 0.2) is 30.3 Å². The average molecular weight is 179 g/mol. The van der Waals surface area contributed by atoms with Crippen molar-refractivity contribution >= 4 is 49.0 Å². The largest absolute Gasteiger partial charge is 0.478 e. The predicted octanol–water partition coefficient (Wildman–Crippen LogP) is 1.12. The quantitative estimate of drug-likeness (QED) is 0.656. The second-order valence-corrected chi connectivity index (χ2v) is 1.67. The van der Waals surface area contributed by atoms with Crippen LogP contribution in [0.5, 0.6) is 0 Å². The van der Waals surface area contributed by atoms with E-state index < -0.39 is 5.97 Å². The van der Waals surface area contributed by atoms with Gasteiger partial charge in [0.25, 0.3) is 0 Å². The molecule has 1 aromatic rings. The summed E-state index contributed by atoms with van der Waals surface area (Å²) in [7, 11) is 0. The van der Waals surface area contributed by atoms with Gasteiger partial charge in [0.1, 0.15) is 0 Å². The van der Waals surface area contributed by atoms with Gasteiger partial charge in [-0.05, 0) is 12.1 Å². The van der Waals surface area contributed by atoms with Crippen molar-refractivity contribution in [2.45, 2.75) is 0 Å². The molecule has 1 rings (SSSR count). The number of aromatic carboxylic acids is 1. The van der Waals surface area contributed by atoms with Crippen molar-refractivity contribution in [3.05, 3.63) is 35.9 Å². The van der Waals surface area contributed by atoms with Crippen LogP contribution in [0.3, 0.4) is 0 Å². The minimum atomic E-state index is -0.879. The van der Waals surface area contributed by atoms with Gasteiger partial charge in [0.15, 0.2) is 0 Å². The summed E-state index contributed by atoms with van der Waals surface area (Å²) >= 11 is 0. The van der Waals surface area contributed by atoms with E-state index in [-0.39, 0.29) is 43.1 Å². The molecular weight excluding hydrogens is 171 g/mol. The summed E-state index contributed by atoms with van der Waals surface area (Å²) in [5.41, 5.74) is 0.331. The van der Waals surface area contributed by atoms with E-state index in [0.29, 0.717) is 5.56 Å². The molecule has 0 unspecified atom stereocenters. The first-order valence-electron chi connectivity index (χ1n) is 2.59. The molecule has 1 radical (unpaired) electrons. The molecule has 0 saturated carbocycles. The molecule has 0 heterocycles. The normalized spacial score (nSPS) is 7.27. The summed E-state index contributed by atoms with van der Waals surface area (Å²) in [5.74, 6) is -0.879. The number of carboxylic acid groups (broad SMARTS) is 1. The van der Waals surface area contributed by atoms with Gasteiger partial charge in [0.2, 0.25) is 0 Å². The Morgan fingerprint density at radius 2 is 1.64 bits per heavy atom. The zero-order valence-electron chi connectivity index (χ0n) is 6.24. The number of benzene rings is 1. The predicted molar refractivity (Wildman–Crippen MR) is 49.5 cm³/mol. The molecular formula is C7H8NaO2S. The van der Waals surface area contributed by atoms with E-state index in [1.165, 1.54) is 0 Å². The first-order chi connectivity index (χ1) is 4.30. The molecule has 1 aromatic carbocycles. The smallest absolute Gasteiger partial charge is 0.335 e. The maximum Gasteiger partial charge on any atom is 0.335 e. The van der Waals surface area contributed by atoms with E-state index in [2.05, 4.69) is 0 Å². The fraction of sp³-hybridized carbons (Fsp3) is 0. The van der Waals surface area contributed by atoms with E-state index in [1.54, 1.807) is 30.3 Å². The summed E-state index contributed by atoms with van der Waals surface area (Å²) in [6, 6.07) is 8.30. The first kappa shape index (κ1) is 13.6. The van der Waals surface area contributed by atoms with Crippen molar-refractivity contribution in [3.8, 4) is 0 Å². The van der Waals surface area contributed by atoms with Gasteiger partial charge in [-0.3, -0.25) is 0 Å². The Hall–Kier alpha value is 0.0400. The third-order valence-electron chi connectivity index (χ3n) is 1.02. The molecule has 55 valence electrons. The summed E-state index contributed by atoms with van der Waals surface area (Å²) in [4.78, 5) is 10.2. The average Bonchev–Trinajstić information content (AvgIpc) is 1.90. The molecule has 2 nitrogen and oxygen atoms in total. The summed E-state index contributed by atoms with van der Waals surface area (Å²) in [5, 5.41) is 8.38. The van der Waals surface area contributed by atoms with Crippen LogP contribution in [0.2, 0.25) is 0 Å². The summed E-state index contributed by atoms with van der Waals surface area (Å²) < 4.78 is 0. The third-order valence-corrected chi connectivity index (χ3v) is 1.02. The maximum absolute atomic E-state index is 10.2. The van der Waals surface area contributed by atoms with Gasteiger partial charge in [0.05, 0.1) is 5.56 Å². The van der Waals surface area contributed by atoms with Crippen molar-refractivity contribution in [2.75, 3.05) is 0 Å². The monoisotopic (exact) mass is 179 g/mol. The van der Waals surface area contributed by atoms with Crippen LogP contribution in [0.4, 0.5) is 0 Å². The van der Waals surface area contributed by atoms with Crippen molar-refractivity contribution in [1.29, 1.82) is 0 Å². The molecule has 0 aliphatic carbocycles. The van der Waals surface area contributed by atoms with E-state index in [0.717, 1.165) is 0 Å². The van der Waals surface area contributed by atoms with Crippen molar-refractivity contribution in [2.24, 2.45) is 0 Å². The van der Waals surface area contributed by atoms with E-state index >= 15 is 0 Å². The first-order valence-corrected chi connectivity index (χ1v) is 2.59. The molecule has 0 atom stereocenters. The van der Waals surface area contributed by atoms with Gasteiger partial charge in [0, 0.05) is 29.6 Å². The van der Waals surface area contributed by atoms with Gasteiger partial charge in [-0.25, -0.2) is 4.79 Å². The molecule has 1 N–H and O–H groups in total. The Morgan fingerprint density at radius 3 is 1.91 bits per heavy atom. The Balaban J connectivity index is 0. The third kappa shape index (κ3) is 4.48. The Kier molecular flexibility index (Phi) is 8.33. The standard InChI is InChI=1S/C7H6O2.Na.H2S/c8-7(9)6-4-2-1-3-5-6;;/h1-5H,(H,8,9);;1H2. The number of rotatable bonds is 1. The number of hydrogen-bond acceptors (Lipinski definition) is 1. The van der Waals surface area contributed by atoms with Crippen LogP contribution in [-0.2, 0) is 0 Å². The number of carbonyl (C=O) groups is 1.